The Morgan fingerprint density at radius 3 is 2.72 bits per heavy atom. The van der Waals surface area contributed by atoms with Gasteiger partial charge in [-0.1, -0.05) is 31.0 Å². The van der Waals surface area contributed by atoms with Crippen LogP contribution in [-0.4, -0.2) is 31.7 Å². The number of aliphatic imine (C=N–C) groups is 1. The summed E-state index contributed by atoms with van der Waals surface area (Å²) in [5, 5.41) is 16.6. The van der Waals surface area contributed by atoms with Crippen LogP contribution in [0.15, 0.2) is 41.5 Å². The summed E-state index contributed by atoms with van der Waals surface area (Å²) in [7, 11) is 1.98. The standard InChI is InChI=1S/C21H27N7.HI/c1-15-26-27-20(28(15)2)14-24-21(25-17-7-3-4-8-17)23-13-16-11-12-22-19-10-6-5-9-18(16)19;/h5-6,9-12,17H,3-4,7-8,13-14H2,1-2H3,(H2,23,24,25);1H. The largest absolute Gasteiger partial charge is 0.354 e. The highest BCUT2D eigenvalue weighted by Gasteiger charge is 2.16. The fourth-order valence-electron chi connectivity index (χ4n) is 3.64. The third kappa shape index (κ3) is 5.23. The number of hydrogen-bond acceptors (Lipinski definition) is 4. The molecule has 0 aliphatic heterocycles. The van der Waals surface area contributed by atoms with Crippen LogP contribution in [0, 0.1) is 6.92 Å². The van der Waals surface area contributed by atoms with Crippen molar-refractivity contribution >= 4 is 40.8 Å². The molecule has 4 rings (SSSR count). The zero-order valence-corrected chi connectivity index (χ0v) is 19.3. The maximum absolute atomic E-state index is 4.87. The normalized spacial score (nSPS) is 14.8. The van der Waals surface area contributed by atoms with Gasteiger partial charge in [0.25, 0.3) is 0 Å². The molecule has 1 aliphatic rings. The molecule has 29 heavy (non-hydrogen) atoms. The van der Waals surface area contributed by atoms with Crippen LogP contribution in [-0.2, 0) is 20.1 Å². The highest BCUT2D eigenvalue weighted by Crippen LogP contribution is 2.18. The molecule has 154 valence electrons. The summed E-state index contributed by atoms with van der Waals surface area (Å²) in [4.78, 5) is 9.31. The molecule has 0 spiro atoms. The molecule has 2 heterocycles. The summed E-state index contributed by atoms with van der Waals surface area (Å²) in [6.45, 7) is 3.15. The van der Waals surface area contributed by atoms with Gasteiger partial charge in [-0.05, 0) is 37.5 Å². The van der Waals surface area contributed by atoms with Gasteiger partial charge in [-0.15, -0.1) is 34.2 Å². The number of nitrogens with one attached hydrogen (secondary N) is 2. The van der Waals surface area contributed by atoms with Gasteiger partial charge in [0.2, 0.25) is 0 Å². The van der Waals surface area contributed by atoms with Crippen LogP contribution in [0.1, 0.15) is 42.9 Å². The van der Waals surface area contributed by atoms with Gasteiger partial charge in [-0.2, -0.15) is 0 Å². The molecule has 1 saturated carbocycles. The van der Waals surface area contributed by atoms with Crippen LogP contribution in [0.2, 0.25) is 0 Å². The molecule has 8 heteroatoms. The number of aromatic nitrogens is 4. The third-order valence-electron chi connectivity index (χ3n) is 5.44. The molecule has 1 aliphatic carbocycles. The smallest absolute Gasteiger partial charge is 0.192 e. The highest BCUT2D eigenvalue weighted by molar-refractivity contribution is 14.0. The lowest BCUT2D eigenvalue weighted by Gasteiger charge is -2.17. The predicted octanol–water partition coefficient (Wildman–Crippen LogP) is 3.47. The number of benzene rings is 1. The Hall–Kier alpha value is -2.23. The van der Waals surface area contributed by atoms with E-state index in [0.29, 0.717) is 19.1 Å². The van der Waals surface area contributed by atoms with E-state index in [0.717, 1.165) is 28.5 Å². The Balaban J connectivity index is 0.00000240. The summed E-state index contributed by atoms with van der Waals surface area (Å²) in [6.07, 6.45) is 6.81. The number of halogens is 1. The molecular weight excluding hydrogens is 477 g/mol. The number of hydrogen-bond donors (Lipinski definition) is 2. The zero-order valence-electron chi connectivity index (χ0n) is 16.9. The lowest BCUT2D eigenvalue weighted by Crippen LogP contribution is -2.42. The summed E-state index contributed by atoms with van der Waals surface area (Å²) < 4.78 is 2.00. The van der Waals surface area contributed by atoms with Crippen molar-refractivity contribution in [3.63, 3.8) is 0 Å². The second-order valence-corrected chi connectivity index (χ2v) is 7.35. The van der Waals surface area contributed by atoms with Gasteiger partial charge in [0.05, 0.1) is 18.6 Å². The van der Waals surface area contributed by atoms with Gasteiger partial charge in [0, 0.05) is 24.7 Å². The number of rotatable bonds is 5. The lowest BCUT2D eigenvalue weighted by molar-refractivity contribution is 0.606. The summed E-state index contributed by atoms with van der Waals surface area (Å²) in [5.74, 6) is 2.63. The SMILES string of the molecule is Cc1nnc(CNC(=NCc2ccnc3ccccc23)NC2CCCC2)n1C.I. The van der Waals surface area contributed by atoms with Crippen molar-refractivity contribution in [1.29, 1.82) is 0 Å². The van der Waals surface area contributed by atoms with Gasteiger partial charge in [0.15, 0.2) is 11.8 Å². The molecule has 7 nitrogen and oxygen atoms in total. The van der Waals surface area contributed by atoms with Crippen LogP contribution in [0.5, 0.6) is 0 Å². The number of aryl methyl sites for hydroxylation is 1. The lowest BCUT2D eigenvalue weighted by atomic mass is 10.1. The summed E-state index contributed by atoms with van der Waals surface area (Å²) >= 11 is 0. The molecule has 0 atom stereocenters. The van der Waals surface area contributed by atoms with E-state index in [4.69, 9.17) is 4.99 Å². The number of guanidine groups is 1. The van der Waals surface area contributed by atoms with Crippen LogP contribution in [0.25, 0.3) is 10.9 Å². The molecule has 1 aromatic carbocycles. The predicted molar refractivity (Wildman–Crippen MR) is 126 cm³/mol. The fourth-order valence-corrected chi connectivity index (χ4v) is 3.64. The van der Waals surface area contributed by atoms with Gasteiger partial charge in [-0.25, -0.2) is 4.99 Å². The van der Waals surface area contributed by atoms with E-state index >= 15 is 0 Å². The second-order valence-electron chi connectivity index (χ2n) is 7.35. The van der Waals surface area contributed by atoms with Crippen molar-refractivity contribution in [3.8, 4) is 0 Å². The van der Waals surface area contributed by atoms with Crippen LogP contribution < -0.4 is 10.6 Å². The molecule has 3 aromatic rings. The van der Waals surface area contributed by atoms with E-state index in [9.17, 15) is 0 Å². The Kier molecular flexibility index (Phi) is 7.40. The first-order chi connectivity index (χ1) is 13.7. The highest BCUT2D eigenvalue weighted by atomic mass is 127. The Morgan fingerprint density at radius 2 is 1.97 bits per heavy atom. The molecule has 0 bridgehead atoms. The van der Waals surface area contributed by atoms with Crippen molar-refractivity contribution in [2.75, 3.05) is 0 Å². The average molecular weight is 505 g/mol. The van der Waals surface area contributed by atoms with Crippen LogP contribution >= 0.6 is 24.0 Å². The van der Waals surface area contributed by atoms with Gasteiger partial charge in [-0.3, -0.25) is 4.98 Å². The Bertz CT molecular complexity index is 971. The van der Waals surface area contributed by atoms with Crippen molar-refractivity contribution in [2.45, 2.75) is 51.7 Å². The van der Waals surface area contributed by atoms with Crippen molar-refractivity contribution < 1.29 is 0 Å². The third-order valence-corrected chi connectivity index (χ3v) is 5.44. The van der Waals surface area contributed by atoms with E-state index in [1.807, 2.05) is 49.0 Å². The molecule has 0 unspecified atom stereocenters. The zero-order chi connectivity index (χ0) is 19.3. The first-order valence-electron chi connectivity index (χ1n) is 9.93. The monoisotopic (exact) mass is 505 g/mol. The quantitative estimate of drug-likeness (QED) is 0.316. The van der Waals surface area contributed by atoms with E-state index in [2.05, 4.69) is 31.9 Å². The average Bonchev–Trinajstić information content (AvgIpc) is 3.34. The number of para-hydroxylation sites is 1. The number of pyridine rings is 1. The summed E-state index contributed by atoms with van der Waals surface area (Å²) in [6, 6.07) is 10.7. The minimum absolute atomic E-state index is 0. The van der Waals surface area contributed by atoms with E-state index in [-0.39, 0.29) is 24.0 Å². The molecule has 0 saturated heterocycles. The first-order valence-corrected chi connectivity index (χ1v) is 9.93. The second kappa shape index (κ2) is 10.00. The van der Waals surface area contributed by atoms with Gasteiger partial charge >= 0.3 is 0 Å². The molecule has 0 radical (unpaired) electrons. The van der Waals surface area contributed by atoms with E-state index in [1.165, 1.54) is 31.2 Å². The number of fused-ring (bicyclic) bond motifs is 1. The molecule has 2 aromatic heterocycles. The van der Waals surface area contributed by atoms with E-state index in [1.54, 1.807) is 0 Å². The Morgan fingerprint density at radius 1 is 1.17 bits per heavy atom. The Labute approximate surface area is 188 Å². The molecule has 1 fully saturated rings. The van der Waals surface area contributed by atoms with Gasteiger partial charge < -0.3 is 15.2 Å². The maximum atomic E-state index is 4.87. The van der Waals surface area contributed by atoms with Gasteiger partial charge in [0.1, 0.15) is 5.82 Å². The molecule has 2 N–H and O–H groups in total. The van der Waals surface area contributed by atoms with Crippen LogP contribution in [0.4, 0.5) is 0 Å². The molecule has 0 amide bonds. The minimum Gasteiger partial charge on any atom is -0.354 e. The van der Waals surface area contributed by atoms with Crippen molar-refractivity contribution in [2.24, 2.45) is 12.0 Å². The van der Waals surface area contributed by atoms with Crippen molar-refractivity contribution in [3.05, 3.63) is 53.7 Å². The van der Waals surface area contributed by atoms with E-state index < -0.39 is 0 Å². The topological polar surface area (TPSA) is 80.0 Å². The molecular formula is C21H28IN7. The maximum Gasteiger partial charge on any atom is 0.192 e. The fraction of sp³-hybridized carbons (Fsp3) is 0.429. The minimum atomic E-state index is 0. The van der Waals surface area contributed by atoms with Crippen LogP contribution in [0.3, 0.4) is 0 Å². The first kappa shape index (κ1) is 21.5. The van der Waals surface area contributed by atoms with Crippen molar-refractivity contribution in [1.82, 2.24) is 30.4 Å². The summed E-state index contributed by atoms with van der Waals surface area (Å²) in [5.41, 5.74) is 2.18. The number of nitrogens with zero attached hydrogens (tertiary/aromatic N) is 5.